The molecule has 15 heavy (non-hydrogen) atoms. The van der Waals surface area contributed by atoms with Crippen molar-refractivity contribution in [2.75, 3.05) is 0 Å². The third-order valence-corrected chi connectivity index (χ3v) is 4.30. The molecule has 0 bridgehead atoms. The van der Waals surface area contributed by atoms with Crippen LogP contribution in [-0.4, -0.2) is 18.2 Å². The first-order valence-electron chi connectivity index (χ1n) is 6.58. The fourth-order valence-corrected chi connectivity index (χ4v) is 3.09. The molecule has 1 heterocycles. The zero-order valence-electron chi connectivity index (χ0n) is 10.1. The summed E-state index contributed by atoms with van der Waals surface area (Å²) >= 11 is 0. The number of nitrogens with two attached hydrogens (primary N) is 1. The number of rotatable bonds is 2. The molecule has 2 nitrogen and oxygen atoms in total. The van der Waals surface area contributed by atoms with Crippen LogP contribution >= 0.6 is 0 Å². The van der Waals surface area contributed by atoms with E-state index < -0.39 is 0 Å². The highest BCUT2D eigenvalue weighted by molar-refractivity contribution is 4.87. The monoisotopic (exact) mass is 211 g/mol. The molecule has 1 saturated heterocycles. The van der Waals surface area contributed by atoms with E-state index in [2.05, 4.69) is 13.8 Å². The van der Waals surface area contributed by atoms with Crippen LogP contribution in [0.15, 0.2) is 0 Å². The van der Waals surface area contributed by atoms with Crippen molar-refractivity contribution in [3.05, 3.63) is 0 Å². The Bertz CT molecular complexity index is 199. The second kappa shape index (κ2) is 4.84. The lowest BCUT2D eigenvalue weighted by Gasteiger charge is -2.33. The van der Waals surface area contributed by atoms with E-state index in [-0.39, 0.29) is 0 Å². The molecule has 2 rings (SSSR count). The van der Waals surface area contributed by atoms with Crippen LogP contribution in [0.25, 0.3) is 0 Å². The van der Waals surface area contributed by atoms with Crippen LogP contribution in [-0.2, 0) is 4.74 Å². The maximum atomic E-state index is 6.34. The highest BCUT2D eigenvalue weighted by atomic mass is 16.5. The van der Waals surface area contributed by atoms with Crippen molar-refractivity contribution in [1.82, 2.24) is 0 Å². The predicted octanol–water partition coefficient (Wildman–Crippen LogP) is 2.71. The summed E-state index contributed by atoms with van der Waals surface area (Å²) in [6, 6.07) is 0.294. The third kappa shape index (κ3) is 2.73. The molecule has 0 amide bonds. The fraction of sp³-hybridized carbons (Fsp3) is 1.00. The molecule has 3 unspecified atom stereocenters. The van der Waals surface area contributed by atoms with Crippen LogP contribution in [0.3, 0.4) is 0 Å². The fourth-order valence-electron chi connectivity index (χ4n) is 3.09. The van der Waals surface area contributed by atoms with Crippen molar-refractivity contribution < 1.29 is 4.74 Å². The summed E-state index contributed by atoms with van der Waals surface area (Å²) in [5.41, 5.74) is 6.34. The van der Waals surface area contributed by atoms with Gasteiger partial charge in [-0.2, -0.15) is 0 Å². The summed E-state index contributed by atoms with van der Waals surface area (Å²) in [6.07, 6.45) is 8.51. The van der Waals surface area contributed by atoms with E-state index >= 15 is 0 Å². The maximum Gasteiger partial charge on any atom is 0.0733 e. The average Bonchev–Trinajstić information content (AvgIpc) is 2.65. The first-order chi connectivity index (χ1) is 7.16. The van der Waals surface area contributed by atoms with Gasteiger partial charge in [0.25, 0.3) is 0 Å². The van der Waals surface area contributed by atoms with Gasteiger partial charge in [0.05, 0.1) is 12.2 Å². The topological polar surface area (TPSA) is 35.2 Å². The Labute approximate surface area is 93.6 Å². The molecule has 0 aromatic rings. The van der Waals surface area contributed by atoms with Crippen LogP contribution in [0.5, 0.6) is 0 Å². The molecule has 0 aromatic carbocycles. The molecule has 2 heteroatoms. The predicted molar refractivity (Wildman–Crippen MR) is 62.7 cm³/mol. The molecular weight excluding hydrogens is 186 g/mol. The summed E-state index contributed by atoms with van der Waals surface area (Å²) in [7, 11) is 0. The van der Waals surface area contributed by atoms with Crippen molar-refractivity contribution in [3.63, 3.8) is 0 Å². The summed E-state index contributed by atoms with van der Waals surface area (Å²) in [5, 5.41) is 0. The second-order valence-electron chi connectivity index (χ2n) is 5.66. The largest absolute Gasteiger partial charge is 0.374 e. The minimum Gasteiger partial charge on any atom is -0.374 e. The van der Waals surface area contributed by atoms with Crippen LogP contribution in [0.4, 0.5) is 0 Å². The average molecular weight is 211 g/mol. The lowest BCUT2D eigenvalue weighted by molar-refractivity contribution is 0.0210. The highest BCUT2D eigenvalue weighted by Crippen LogP contribution is 2.33. The van der Waals surface area contributed by atoms with E-state index in [9.17, 15) is 0 Å². The number of hydrogen-bond donors (Lipinski definition) is 1. The number of ether oxygens (including phenoxy) is 1. The van der Waals surface area contributed by atoms with E-state index in [0.29, 0.717) is 18.2 Å². The molecule has 2 aliphatic rings. The van der Waals surface area contributed by atoms with Crippen molar-refractivity contribution in [2.45, 2.75) is 70.6 Å². The van der Waals surface area contributed by atoms with E-state index in [0.717, 1.165) is 11.8 Å². The molecule has 0 spiro atoms. The Hall–Kier alpha value is -0.0800. The van der Waals surface area contributed by atoms with E-state index in [4.69, 9.17) is 10.5 Å². The first-order valence-corrected chi connectivity index (χ1v) is 6.58. The molecule has 0 aromatic heterocycles. The van der Waals surface area contributed by atoms with Gasteiger partial charge in [-0.3, -0.25) is 0 Å². The summed E-state index contributed by atoms with van der Waals surface area (Å²) in [4.78, 5) is 0. The Balaban J connectivity index is 1.82. The first kappa shape index (κ1) is 11.4. The van der Waals surface area contributed by atoms with E-state index in [1.807, 2.05) is 0 Å². The van der Waals surface area contributed by atoms with Gasteiger partial charge in [-0.05, 0) is 44.4 Å². The Morgan fingerprint density at radius 2 is 1.67 bits per heavy atom. The molecule has 2 N–H and O–H groups in total. The lowest BCUT2D eigenvalue weighted by Crippen LogP contribution is -2.42. The SMILES string of the molecule is CC1CCC(C(N)C2CCC(C)O2)CC1. The molecule has 1 aliphatic carbocycles. The molecule has 0 radical (unpaired) electrons. The van der Waals surface area contributed by atoms with Gasteiger partial charge in [0.15, 0.2) is 0 Å². The van der Waals surface area contributed by atoms with Crippen LogP contribution in [0, 0.1) is 11.8 Å². The molecular formula is C13H25NO. The molecule has 88 valence electrons. The summed E-state index contributed by atoms with van der Waals surface area (Å²) in [6.45, 7) is 4.52. The van der Waals surface area contributed by atoms with Crippen molar-refractivity contribution in [1.29, 1.82) is 0 Å². The van der Waals surface area contributed by atoms with E-state index in [1.165, 1.54) is 38.5 Å². The Morgan fingerprint density at radius 3 is 2.20 bits per heavy atom. The minimum absolute atomic E-state index is 0.294. The second-order valence-corrected chi connectivity index (χ2v) is 5.66. The van der Waals surface area contributed by atoms with Gasteiger partial charge in [-0.15, -0.1) is 0 Å². The maximum absolute atomic E-state index is 6.34. The molecule has 3 atom stereocenters. The molecule has 1 aliphatic heterocycles. The Morgan fingerprint density at radius 1 is 1.00 bits per heavy atom. The molecule has 1 saturated carbocycles. The Kier molecular flexibility index (Phi) is 3.68. The van der Waals surface area contributed by atoms with Crippen LogP contribution in [0.1, 0.15) is 52.4 Å². The van der Waals surface area contributed by atoms with Gasteiger partial charge in [0.2, 0.25) is 0 Å². The van der Waals surface area contributed by atoms with Crippen LogP contribution < -0.4 is 5.73 Å². The van der Waals surface area contributed by atoms with Crippen molar-refractivity contribution in [3.8, 4) is 0 Å². The zero-order chi connectivity index (χ0) is 10.8. The smallest absolute Gasteiger partial charge is 0.0733 e. The third-order valence-electron chi connectivity index (χ3n) is 4.30. The minimum atomic E-state index is 0.294. The lowest BCUT2D eigenvalue weighted by atomic mass is 9.78. The number of hydrogen-bond acceptors (Lipinski definition) is 2. The summed E-state index contributed by atoms with van der Waals surface area (Å²) < 4.78 is 5.88. The van der Waals surface area contributed by atoms with Gasteiger partial charge < -0.3 is 10.5 Å². The van der Waals surface area contributed by atoms with Gasteiger partial charge in [-0.1, -0.05) is 19.8 Å². The van der Waals surface area contributed by atoms with Gasteiger partial charge >= 0.3 is 0 Å². The summed E-state index contributed by atoms with van der Waals surface area (Å²) in [5.74, 6) is 1.63. The van der Waals surface area contributed by atoms with E-state index in [1.54, 1.807) is 0 Å². The van der Waals surface area contributed by atoms with Crippen molar-refractivity contribution >= 4 is 0 Å². The molecule has 2 fully saturated rings. The zero-order valence-corrected chi connectivity index (χ0v) is 10.1. The standard InChI is InChI=1S/C13H25NO/c1-9-3-6-11(7-4-9)13(14)12-8-5-10(2)15-12/h9-13H,3-8,14H2,1-2H3. The van der Waals surface area contributed by atoms with Crippen LogP contribution in [0.2, 0.25) is 0 Å². The quantitative estimate of drug-likeness (QED) is 0.762. The highest BCUT2D eigenvalue weighted by Gasteiger charge is 2.33. The van der Waals surface area contributed by atoms with Gasteiger partial charge in [0, 0.05) is 6.04 Å². The van der Waals surface area contributed by atoms with Gasteiger partial charge in [0.1, 0.15) is 0 Å². The van der Waals surface area contributed by atoms with Crippen molar-refractivity contribution in [2.24, 2.45) is 17.6 Å². The van der Waals surface area contributed by atoms with Gasteiger partial charge in [-0.25, -0.2) is 0 Å². The normalized spacial score (nSPS) is 44.2.